The lowest BCUT2D eigenvalue weighted by molar-refractivity contribution is -0.120. The summed E-state index contributed by atoms with van der Waals surface area (Å²) in [6, 6.07) is 6.04. The minimum atomic E-state index is -0.701. The summed E-state index contributed by atoms with van der Waals surface area (Å²) in [6.45, 7) is 2.02. The molecule has 0 bridgehead atoms. The lowest BCUT2D eigenvalue weighted by Crippen LogP contribution is -2.48. The number of nitrogens with two attached hydrogens (primary N) is 1. The number of aryl methyl sites for hydroxylation is 1. The van der Waals surface area contributed by atoms with Gasteiger partial charge >= 0.3 is 0 Å². The molecule has 0 spiro atoms. The Morgan fingerprint density at radius 3 is 2.75 bits per heavy atom. The molecule has 1 heterocycles. The fraction of sp³-hybridized carbons (Fsp3) is 0.429. The SMILES string of the molecule is Cc1cccc2sc(NC(=O)C3(N)CCCC3)nc12.Cl. The van der Waals surface area contributed by atoms with Crippen LogP contribution in [0.5, 0.6) is 0 Å². The molecule has 0 atom stereocenters. The molecule has 1 aliphatic rings. The third kappa shape index (κ3) is 2.66. The molecule has 1 aromatic carbocycles. The standard InChI is InChI=1S/C14H17N3OS.ClH/c1-9-5-4-6-10-11(9)16-13(19-10)17-12(18)14(15)7-2-3-8-14;/h4-6H,2-3,7-8,15H2,1H3,(H,16,17,18);1H. The summed E-state index contributed by atoms with van der Waals surface area (Å²) in [5.41, 5.74) is 7.52. The molecule has 108 valence electrons. The molecular formula is C14H18ClN3OS. The second-order valence-electron chi connectivity index (χ2n) is 5.26. The number of hydrogen-bond donors (Lipinski definition) is 2. The quantitative estimate of drug-likeness (QED) is 0.894. The first kappa shape index (κ1) is 15.2. The van der Waals surface area contributed by atoms with Crippen LogP contribution in [0.2, 0.25) is 0 Å². The summed E-state index contributed by atoms with van der Waals surface area (Å²) >= 11 is 1.50. The first-order chi connectivity index (χ1) is 9.08. The Labute approximate surface area is 128 Å². The normalized spacial score (nSPS) is 16.9. The molecule has 1 fully saturated rings. The van der Waals surface area contributed by atoms with Crippen molar-refractivity contribution in [1.82, 2.24) is 4.98 Å². The number of aromatic nitrogens is 1. The van der Waals surface area contributed by atoms with Crippen molar-refractivity contribution in [3.8, 4) is 0 Å². The van der Waals surface area contributed by atoms with Crippen LogP contribution < -0.4 is 11.1 Å². The van der Waals surface area contributed by atoms with E-state index in [4.69, 9.17) is 5.73 Å². The first-order valence-electron chi connectivity index (χ1n) is 6.55. The van der Waals surface area contributed by atoms with Gasteiger partial charge in [0, 0.05) is 0 Å². The van der Waals surface area contributed by atoms with Crippen LogP contribution in [0.25, 0.3) is 10.2 Å². The fourth-order valence-corrected chi connectivity index (χ4v) is 3.53. The summed E-state index contributed by atoms with van der Waals surface area (Å²) in [7, 11) is 0. The molecule has 0 radical (unpaired) electrons. The Balaban J connectivity index is 0.00000147. The van der Waals surface area contributed by atoms with E-state index in [0.29, 0.717) is 5.13 Å². The molecule has 1 saturated carbocycles. The van der Waals surface area contributed by atoms with Crippen molar-refractivity contribution >= 4 is 45.0 Å². The van der Waals surface area contributed by atoms with Crippen LogP contribution in [0.4, 0.5) is 5.13 Å². The summed E-state index contributed by atoms with van der Waals surface area (Å²) in [5.74, 6) is -0.0956. The van der Waals surface area contributed by atoms with Crippen LogP contribution in [-0.4, -0.2) is 16.4 Å². The second-order valence-corrected chi connectivity index (χ2v) is 6.29. The molecule has 0 aliphatic heterocycles. The number of rotatable bonds is 2. The Bertz CT molecular complexity index is 634. The average molecular weight is 312 g/mol. The van der Waals surface area contributed by atoms with Crippen molar-refractivity contribution in [2.75, 3.05) is 5.32 Å². The lowest BCUT2D eigenvalue weighted by atomic mass is 9.98. The molecule has 0 saturated heterocycles. The van der Waals surface area contributed by atoms with Crippen molar-refractivity contribution in [3.05, 3.63) is 23.8 Å². The number of carbonyl (C=O) groups excluding carboxylic acids is 1. The van der Waals surface area contributed by atoms with E-state index in [-0.39, 0.29) is 18.3 Å². The summed E-state index contributed by atoms with van der Waals surface area (Å²) < 4.78 is 1.09. The zero-order valence-electron chi connectivity index (χ0n) is 11.3. The van der Waals surface area contributed by atoms with Gasteiger partial charge in [0.1, 0.15) is 0 Å². The molecule has 1 aromatic heterocycles. The Hall–Kier alpha value is -1.17. The highest BCUT2D eigenvalue weighted by Crippen LogP contribution is 2.31. The van der Waals surface area contributed by atoms with Gasteiger partial charge in [-0.25, -0.2) is 4.98 Å². The third-order valence-electron chi connectivity index (χ3n) is 3.79. The second kappa shape index (κ2) is 5.68. The van der Waals surface area contributed by atoms with Crippen LogP contribution in [-0.2, 0) is 4.79 Å². The van der Waals surface area contributed by atoms with Gasteiger partial charge in [-0.05, 0) is 31.4 Å². The van der Waals surface area contributed by atoms with Gasteiger partial charge in [0.15, 0.2) is 5.13 Å². The van der Waals surface area contributed by atoms with Crippen LogP contribution in [0.15, 0.2) is 18.2 Å². The van der Waals surface area contributed by atoms with Gasteiger partial charge in [-0.3, -0.25) is 4.79 Å². The van der Waals surface area contributed by atoms with Gasteiger partial charge in [-0.15, -0.1) is 12.4 Å². The van der Waals surface area contributed by atoms with Crippen molar-refractivity contribution in [2.24, 2.45) is 5.73 Å². The van der Waals surface area contributed by atoms with Gasteiger partial charge in [-0.2, -0.15) is 0 Å². The van der Waals surface area contributed by atoms with Crippen LogP contribution in [0.3, 0.4) is 0 Å². The van der Waals surface area contributed by atoms with Crippen molar-refractivity contribution in [2.45, 2.75) is 38.1 Å². The summed E-state index contributed by atoms with van der Waals surface area (Å²) in [6.07, 6.45) is 3.59. The fourth-order valence-electron chi connectivity index (χ4n) is 2.59. The van der Waals surface area contributed by atoms with E-state index in [9.17, 15) is 4.79 Å². The third-order valence-corrected chi connectivity index (χ3v) is 4.73. The van der Waals surface area contributed by atoms with Crippen molar-refractivity contribution in [3.63, 3.8) is 0 Å². The maximum absolute atomic E-state index is 12.2. The van der Waals surface area contributed by atoms with Gasteiger partial charge in [0.2, 0.25) is 5.91 Å². The zero-order chi connectivity index (χ0) is 13.5. The number of nitrogens with zero attached hydrogens (tertiary/aromatic N) is 1. The number of amides is 1. The molecule has 0 unspecified atom stereocenters. The number of halogens is 1. The molecule has 1 aliphatic carbocycles. The predicted molar refractivity (Wildman–Crippen MR) is 85.6 cm³/mol. The number of benzene rings is 1. The number of fused-ring (bicyclic) bond motifs is 1. The predicted octanol–water partition coefficient (Wildman–Crippen LogP) is 3.24. The maximum atomic E-state index is 12.2. The molecular weight excluding hydrogens is 294 g/mol. The largest absolute Gasteiger partial charge is 0.317 e. The number of thiazole rings is 1. The van der Waals surface area contributed by atoms with Crippen molar-refractivity contribution < 1.29 is 4.79 Å². The summed E-state index contributed by atoms with van der Waals surface area (Å²) in [4.78, 5) is 16.7. The van der Waals surface area contributed by atoms with E-state index in [1.54, 1.807) is 0 Å². The highest BCUT2D eigenvalue weighted by Gasteiger charge is 2.37. The Morgan fingerprint density at radius 2 is 2.10 bits per heavy atom. The first-order valence-corrected chi connectivity index (χ1v) is 7.37. The maximum Gasteiger partial charge on any atom is 0.246 e. The van der Waals surface area contributed by atoms with E-state index in [2.05, 4.69) is 10.3 Å². The topological polar surface area (TPSA) is 68.0 Å². The lowest BCUT2D eigenvalue weighted by Gasteiger charge is -2.21. The smallest absolute Gasteiger partial charge is 0.246 e. The van der Waals surface area contributed by atoms with E-state index < -0.39 is 5.54 Å². The van der Waals surface area contributed by atoms with E-state index >= 15 is 0 Å². The van der Waals surface area contributed by atoms with Crippen LogP contribution >= 0.6 is 23.7 Å². The van der Waals surface area contributed by atoms with Gasteiger partial charge in [-0.1, -0.05) is 36.3 Å². The number of nitrogens with one attached hydrogen (secondary N) is 1. The van der Waals surface area contributed by atoms with Gasteiger partial charge in [0.05, 0.1) is 15.8 Å². The average Bonchev–Trinajstić information content (AvgIpc) is 2.97. The monoisotopic (exact) mass is 311 g/mol. The van der Waals surface area contributed by atoms with Crippen molar-refractivity contribution in [1.29, 1.82) is 0 Å². The van der Waals surface area contributed by atoms with E-state index in [1.165, 1.54) is 11.3 Å². The minimum absolute atomic E-state index is 0. The summed E-state index contributed by atoms with van der Waals surface area (Å²) in [5, 5.41) is 3.53. The van der Waals surface area contributed by atoms with Gasteiger partial charge in [0.25, 0.3) is 0 Å². The van der Waals surface area contributed by atoms with E-state index in [0.717, 1.165) is 41.5 Å². The number of para-hydroxylation sites is 1. The Kier molecular flexibility index (Phi) is 4.32. The van der Waals surface area contributed by atoms with E-state index in [1.807, 2.05) is 25.1 Å². The molecule has 6 heteroatoms. The highest BCUT2D eigenvalue weighted by molar-refractivity contribution is 7.22. The Morgan fingerprint density at radius 1 is 1.40 bits per heavy atom. The number of hydrogen-bond acceptors (Lipinski definition) is 4. The minimum Gasteiger partial charge on any atom is -0.317 e. The molecule has 1 amide bonds. The molecule has 4 nitrogen and oxygen atoms in total. The van der Waals surface area contributed by atoms with Crippen LogP contribution in [0.1, 0.15) is 31.2 Å². The zero-order valence-corrected chi connectivity index (χ0v) is 12.9. The van der Waals surface area contributed by atoms with Crippen LogP contribution in [0, 0.1) is 6.92 Å². The number of anilines is 1. The molecule has 20 heavy (non-hydrogen) atoms. The highest BCUT2D eigenvalue weighted by atomic mass is 35.5. The molecule has 3 rings (SSSR count). The molecule has 3 N–H and O–H groups in total. The molecule has 2 aromatic rings. The number of carbonyl (C=O) groups is 1. The van der Waals surface area contributed by atoms with Gasteiger partial charge < -0.3 is 11.1 Å².